The SMILES string of the molecule is O=c1cc[c]nn1CCc1ccccc1. The van der Waals surface area contributed by atoms with Crippen LogP contribution in [0.1, 0.15) is 5.56 Å². The van der Waals surface area contributed by atoms with Crippen molar-refractivity contribution < 1.29 is 0 Å². The van der Waals surface area contributed by atoms with E-state index >= 15 is 0 Å². The molecule has 1 radical (unpaired) electrons. The number of aryl methyl sites for hydroxylation is 2. The van der Waals surface area contributed by atoms with Crippen molar-refractivity contribution in [1.29, 1.82) is 0 Å². The van der Waals surface area contributed by atoms with Crippen molar-refractivity contribution in [2.24, 2.45) is 0 Å². The van der Waals surface area contributed by atoms with E-state index in [0.717, 1.165) is 6.42 Å². The third kappa shape index (κ3) is 2.53. The molecule has 0 atom stereocenters. The van der Waals surface area contributed by atoms with Gasteiger partial charge in [-0.05, 0) is 18.1 Å². The van der Waals surface area contributed by atoms with Crippen molar-refractivity contribution in [1.82, 2.24) is 9.78 Å². The summed E-state index contributed by atoms with van der Waals surface area (Å²) in [5.41, 5.74) is 1.12. The minimum absolute atomic E-state index is 0.0790. The van der Waals surface area contributed by atoms with Gasteiger partial charge in [0, 0.05) is 12.6 Å². The van der Waals surface area contributed by atoms with Crippen LogP contribution in [0.4, 0.5) is 0 Å². The van der Waals surface area contributed by atoms with Gasteiger partial charge in [-0.15, -0.1) is 0 Å². The fourth-order valence-corrected chi connectivity index (χ4v) is 1.39. The van der Waals surface area contributed by atoms with Crippen LogP contribution in [0.3, 0.4) is 0 Å². The Morgan fingerprint density at radius 1 is 1.20 bits per heavy atom. The topological polar surface area (TPSA) is 34.9 Å². The normalized spacial score (nSPS) is 10.1. The van der Waals surface area contributed by atoms with Crippen molar-refractivity contribution in [3.63, 3.8) is 0 Å². The van der Waals surface area contributed by atoms with E-state index in [2.05, 4.69) is 11.3 Å². The molecule has 0 aliphatic heterocycles. The quantitative estimate of drug-likeness (QED) is 0.746. The molecular weight excluding hydrogens is 188 g/mol. The van der Waals surface area contributed by atoms with E-state index in [4.69, 9.17) is 0 Å². The Labute approximate surface area is 88.0 Å². The summed E-state index contributed by atoms with van der Waals surface area (Å²) in [5.74, 6) is 0. The number of hydrogen-bond acceptors (Lipinski definition) is 2. The molecule has 0 saturated carbocycles. The lowest BCUT2D eigenvalue weighted by atomic mass is 10.1. The summed E-state index contributed by atoms with van der Waals surface area (Å²) < 4.78 is 1.42. The molecule has 0 amide bonds. The van der Waals surface area contributed by atoms with E-state index < -0.39 is 0 Å². The molecule has 2 aromatic rings. The second kappa shape index (κ2) is 4.55. The van der Waals surface area contributed by atoms with Gasteiger partial charge in [-0.1, -0.05) is 30.3 Å². The van der Waals surface area contributed by atoms with E-state index in [0.29, 0.717) is 6.54 Å². The Morgan fingerprint density at radius 3 is 2.73 bits per heavy atom. The lowest BCUT2D eigenvalue weighted by Crippen LogP contribution is -2.22. The van der Waals surface area contributed by atoms with Crippen molar-refractivity contribution in [3.05, 3.63) is 64.6 Å². The first-order chi connectivity index (χ1) is 7.36. The van der Waals surface area contributed by atoms with Crippen LogP contribution >= 0.6 is 0 Å². The van der Waals surface area contributed by atoms with Gasteiger partial charge in [-0.25, -0.2) is 4.68 Å². The summed E-state index contributed by atoms with van der Waals surface area (Å²) in [7, 11) is 0. The van der Waals surface area contributed by atoms with Gasteiger partial charge < -0.3 is 0 Å². The Balaban J connectivity index is 2.06. The highest BCUT2D eigenvalue weighted by atomic mass is 16.1. The Morgan fingerprint density at radius 2 is 2.00 bits per heavy atom. The predicted molar refractivity (Wildman–Crippen MR) is 57.5 cm³/mol. The van der Waals surface area contributed by atoms with Crippen LogP contribution in [0.2, 0.25) is 0 Å². The molecule has 3 nitrogen and oxygen atoms in total. The first-order valence-electron chi connectivity index (χ1n) is 4.84. The van der Waals surface area contributed by atoms with Gasteiger partial charge in [0.05, 0.1) is 0 Å². The van der Waals surface area contributed by atoms with Crippen LogP contribution in [-0.2, 0) is 13.0 Å². The van der Waals surface area contributed by atoms with Gasteiger partial charge in [0.25, 0.3) is 5.56 Å². The van der Waals surface area contributed by atoms with E-state index in [1.54, 1.807) is 0 Å². The van der Waals surface area contributed by atoms with Gasteiger partial charge >= 0.3 is 0 Å². The molecule has 3 heteroatoms. The number of nitrogens with zero attached hydrogens (tertiary/aromatic N) is 2. The zero-order valence-corrected chi connectivity index (χ0v) is 8.26. The molecule has 0 fully saturated rings. The van der Waals surface area contributed by atoms with Crippen LogP contribution in [-0.4, -0.2) is 9.78 Å². The maximum absolute atomic E-state index is 11.3. The average molecular weight is 199 g/mol. The molecule has 1 aromatic carbocycles. The molecule has 75 valence electrons. The van der Waals surface area contributed by atoms with E-state index in [-0.39, 0.29) is 5.56 Å². The van der Waals surface area contributed by atoms with Gasteiger partial charge in [-0.2, -0.15) is 5.10 Å². The lowest BCUT2D eigenvalue weighted by molar-refractivity contribution is 0.576. The number of hydrogen-bond donors (Lipinski definition) is 0. The number of benzene rings is 1. The smallest absolute Gasteiger partial charge is 0.266 e. The summed E-state index contributed by atoms with van der Waals surface area (Å²) in [5, 5.41) is 3.87. The minimum Gasteiger partial charge on any atom is -0.268 e. The highest BCUT2D eigenvalue weighted by Gasteiger charge is 1.96. The first kappa shape index (κ1) is 9.65. The van der Waals surface area contributed by atoms with Crippen molar-refractivity contribution in [2.75, 3.05) is 0 Å². The van der Waals surface area contributed by atoms with Crippen LogP contribution < -0.4 is 5.56 Å². The first-order valence-corrected chi connectivity index (χ1v) is 4.84. The number of rotatable bonds is 3. The molecule has 0 unspecified atom stereocenters. The molecule has 0 spiro atoms. The zero-order valence-electron chi connectivity index (χ0n) is 8.26. The zero-order chi connectivity index (χ0) is 10.5. The molecule has 0 bridgehead atoms. The molecule has 0 aliphatic rings. The van der Waals surface area contributed by atoms with Crippen LogP contribution in [0, 0.1) is 6.20 Å². The summed E-state index contributed by atoms with van der Waals surface area (Å²) in [6.45, 7) is 0.597. The van der Waals surface area contributed by atoms with Gasteiger partial charge in [-0.3, -0.25) is 4.79 Å². The van der Waals surface area contributed by atoms with Gasteiger partial charge in [0.2, 0.25) is 0 Å². The summed E-state index contributed by atoms with van der Waals surface area (Å²) >= 11 is 0. The van der Waals surface area contributed by atoms with Crippen molar-refractivity contribution >= 4 is 0 Å². The molecule has 15 heavy (non-hydrogen) atoms. The molecule has 0 aliphatic carbocycles. The molecule has 2 rings (SSSR count). The molecule has 1 aromatic heterocycles. The number of aromatic nitrogens is 2. The minimum atomic E-state index is -0.0790. The average Bonchev–Trinajstić information content (AvgIpc) is 2.29. The lowest BCUT2D eigenvalue weighted by Gasteiger charge is -2.02. The van der Waals surface area contributed by atoms with Crippen molar-refractivity contribution in [3.8, 4) is 0 Å². The van der Waals surface area contributed by atoms with E-state index in [1.807, 2.05) is 30.3 Å². The van der Waals surface area contributed by atoms with Gasteiger partial charge in [0.15, 0.2) is 0 Å². The van der Waals surface area contributed by atoms with Crippen LogP contribution in [0.25, 0.3) is 0 Å². The summed E-state index contributed by atoms with van der Waals surface area (Å²) in [6.07, 6.45) is 3.46. The predicted octanol–water partition coefficient (Wildman–Crippen LogP) is 1.29. The molecule has 0 N–H and O–H groups in total. The Bertz CT molecular complexity index is 476. The third-order valence-corrected chi connectivity index (χ3v) is 2.19. The summed E-state index contributed by atoms with van der Waals surface area (Å²) in [6, 6.07) is 13.0. The Kier molecular flexibility index (Phi) is 2.93. The molecular formula is C12H11N2O. The van der Waals surface area contributed by atoms with E-state index in [9.17, 15) is 4.79 Å². The fourth-order valence-electron chi connectivity index (χ4n) is 1.39. The molecule has 0 saturated heterocycles. The highest BCUT2D eigenvalue weighted by Crippen LogP contribution is 1.99. The van der Waals surface area contributed by atoms with Gasteiger partial charge in [0.1, 0.15) is 6.20 Å². The maximum atomic E-state index is 11.3. The van der Waals surface area contributed by atoms with Crippen LogP contribution in [0.5, 0.6) is 0 Å². The molecule has 1 heterocycles. The largest absolute Gasteiger partial charge is 0.268 e. The highest BCUT2D eigenvalue weighted by molar-refractivity contribution is 5.14. The standard InChI is InChI=1S/C12H11N2O/c15-12-7-4-9-13-14(12)10-8-11-5-2-1-3-6-11/h1-7H,8,10H2. The fraction of sp³-hybridized carbons (Fsp3) is 0.167. The second-order valence-corrected chi connectivity index (χ2v) is 3.26. The third-order valence-electron chi connectivity index (χ3n) is 2.19. The maximum Gasteiger partial charge on any atom is 0.266 e. The Hall–Kier alpha value is -1.90. The summed E-state index contributed by atoms with van der Waals surface area (Å²) in [4.78, 5) is 11.3. The van der Waals surface area contributed by atoms with Crippen molar-refractivity contribution in [2.45, 2.75) is 13.0 Å². The van der Waals surface area contributed by atoms with Crippen LogP contribution in [0.15, 0.2) is 47.3 Å². The van der Waals surface area contributed by atoms with E-state index in [1.165, 1.54) is 22.4 Å². The monoisotopic (exact) mass is 199 g/mol. The second-order valence-electron chi connectivity index (χ2n) is 3.26.